The van der Waals surface area contributed by atoms with E-state index in [1.54, 1.807) is 11.3 Å². The lowest BCUT2D eigenvalue weighted by Gasteiger charge is -2.21. The first-order chi connectivity index (χ1) is 7.93. The summed E-state index contributed by atoms with van der Waals surface area (Å²) >= 11 is 1.79. The summed E-state index contributed by atoms with van der Waals surface area (Å²) in [4.78, 5) is 4.79. The van der Waals surface area contributed by atoms with Crippen molar-refractivity contribution in [3.05, 3.63) is 16.1 Å². The minimum atomic E-state index is 0. The van der Waals surface area contributed by atoms with Gasteiger partial charge in [0.15, 0.2) is 0 Å². The molecule has 3 nitrogen and oxygen atoms in total. The molecular formula is C12H19ClN2OS. The Labute approximate surface area is 112 Å². The second-order valence-electron chi connectivity index (χ2n) is 4.67. The number of aromatic nitrogens is 1. The van der Waals surface area contributed by atoms with Gasteiger partial charge in [0, 0.05) is 17.8 Å². The average Bonchev–Trinajstić information content (AvgIpc) is 3.01. The summed E-state index contributed by atoms with van der Waals surface area (Å²) in [6.45, 7) is 2.55. The van der Waals surface area contributed by atoms with Gasteiger partial charge in [-0.05, 0) is 12.8 Å². The molecule has 2 heterocycles. The summed E-state index contributed by atoms with van der Waals surface area (Å²) in [5, 5.41) is 6.92. The number of rotatable bonds is 2. The van der Waals surface area contributed by atoms with E-state index >= 15 is 0 Å². The Morgan fingerprint density at radius 1 is 1.35 bits per heavy atom. The highest BCUT2D eigenvalue weighted by molar-refractivity contribution is 7.09. The van der Waals surface area contributed by atoms with Crippen molar-refractivity contribution in [2.45, 2.75) is 37.6 Å². The predicted molar refractivity (Wildman–Crippen MR) is 72.1 cm³/mol. The van der Waals surface area contributed by atoms with Crippen LogP contribution in [0, 0.1) is 0 Å². The van der Waals surface area contributed by atoms with Gasteiger partial charge in [-0.15, -0.1) is 23.7 Å². The van der Waals surface area contributed by atoms with Gasteiger partial charge >= 0.3 is 0 Å². The van der Waals surface area contributed by atoms with E-state index in [1.165, 1.54) is 36.4 Å². The van der Waals surface area contributed by atoms with Crippen LogP contribution in [0.5, 0.6) is 0 Å². The van der Waals surface area contributed by atoms with Crippen molar-refractivity contribution in [1.82, 2.24) is 10.3 Å². The molecule has 96 valence electrons. The number of ether oxygens (including phenoxy) is 1. The molecule has 0 bridgehead atoms. The lowest BCUT2D eigenvalue weighted by molar-refractivity contribution is 0.0767. The van der Waals surface area contributed by atoms with E-state index < -0.39 is 0 Å². The first-order valence-corrected chi connectivity index (χ1v) is 7.08. The first-order valence-electron chi connectivity index (χ1n) is 6.20. The molecule has 1 unspecified atom stereocenters. The number of thiazole rings is 1. The van der Waals surface area contributed by atoms with Crippen LogP contribution in [0.1, 0.15) is 48.3 Å². The third-order valence-electron chi connectivity index (χ3n) is 3.53. The highest BCUT2D eigenvalue weighted by Crippen LogP contribution is 2.35. The fourth-order valence-corrected chi connectivity index (χ4v) is 3.55. The molecule has 2 fully saturated rings. The third-order valence-corrected chi connectivity index (χ3v) is 4.51. The Hall–Kier alpha value is -0.160. The number of halogens is 1. The van der Waals surface area contributed by atoms with Crippen molar-refractivity contribution in [2.24, 2.45) is 0 Å². The van der Waals surface area contributed by atoms with Crippen LogP contribution < -0.4 is 5.32 Å². The van der Waals surface area contributed by atoms with Gasteiger partial charge in [0.25, 0.3) is 0 Å². The van der Waals surface area contributed by atoms with Gasteiger partial charge in [0.2, 0.25) is 0 Å². The quantitative estimate of drug-likeness (QED) is 0.900. The zero-order valence-corrected chi connectivity index (χ0v) is 11.5. The number of nitrogens with zero attached hydrogens (tertiary/aromatic N) is 1. The maximum Gasteiger partial charge on any atom is 0.112 e. The van der Waals surface area contributed by atoms with E-state index in [4.69, 9.17) is 9.72 Å². The van der Waals surface area contributed by atoms with Gasteiger partial charge in [-0.3, -0.25) is 0 Å². The Balaban J connectivity index is 0.00000108. The fraction of sp³-hybridized carbons (Fsp3) is 0.750. The van der Waals surface area contributed by atoms with E-state index in [0.29, 0.717) is 6.04 Å². The molecule has 2 aliphatic rings. The van der Waals surface area contributed by atoms with Crippen LogP contribution in [0.2, 0.25) is 0 Å². The summed E-state index contributed by atoms with van der Waals surface area (Å²) in [5.41, 5.74) is 1.32. The minimum Gasteiger partial charge on any atom is -0.378 e. The van der Waals surface area contributed by atoms with Crippen LogP contribution in [-0.4, -0.2) is 24.7 Å². The molecule has 17 heavy (non-hydrogen) atoms. The number of hydrogen-bond donors (Lipinski definition) is 1. The number of morpholine rings is 1. The number of nitrogens with one attached hydrogen (secondary N) is 1. The maximum atomic E-state index is 5.48. The van der Waals surface area contributed by atoms with Crippen LogP contribution >= 0.6 is 23.7 Å². The van der Waals surface area contributed by atoms with Gasteiger partial charge in [-0.2, -0.15) is 0 Å². The molecule has 1 saturated heterocycles. The molecule has 5 heteroatoms. The highest BCUT2D eigenvalue weighted by atomic mass is 35.5. The Morgan fingerprint density at radius 3 is 2.88 bits per heavy atom. The molecule has 0 spiro atoms. The highest BCUT2D eigenvalue weighted by Gasteiger charge is 2.23. The van der Waals surface area contributed by atoms with Crippen molar-refractivity contribution in [1.29, 1.82) is 0 Å². The topological polar surface area (TPSA) is 34.1 Å². The molecule has 1 aromatic rings. The summed E-state index contributed by atoms with van der Waals surface area (Å²) < 4.78 is 5.48. The second kappa shape index (κ2) is 6.14. The van der Waals surface area contributed by atoms with Crippen molar-refractivity contribution in [2.75, 3.05) is 19.8 Å². The summed E-state index contributed by atoms with van der Waals surface area (Å²) in [6, 6.07) is 0.328. The van der Waals surface area contributed by atoms with E-state index in [-0.39, 0.29) is 12.4 Å². The number of hydrogen-bond acceptors (Lipinski definition) is 4. The van der Waals surface area contributed by atoms with Crippen LogP contribution in [0.3, 0.4) is 0 Å². The van der Waals surface area contributed by atoms with E-state index in [9.17, 15) is 0 Å². The van der Waals surface area contributed by atoms with Gasteiger partial charge in [0.05, 0.1) is 24.9 Å². The first kappa shape index (κ1) is 13.3. The molecule has 0 aromatic carbocycles. The Bertz CT molecular complexity index is 346. The summed E-state index contributed by atoms with van der Waals surface area (Å²) in [5.74, 6) is 0.731. The largest absolute Gasteiger partial charge is 0.378 e. The molecule has 1 N–H and O–H groups in total. The smallest absolute Gasteiger partial charge is 0.112 e. The Morgan fingerprint density at radius 2 is 2.18 bits per heavy atom. The molecule has 1 aromatic heterocycles. The van der Waals surface area contributed by atoms with Crippen LogP contribution in [-0.2, 0) is 4.74 Å². The molecule has 1 aliphatic carbocycles. The standard InChI is InChI=1S/C12H18N2OS.ClH/c1-2-4-9(3-1)11-8-16-12(14-11)10-7-15-6-5-13-10;/h8-10,13H,1-7H2;1H. The monoisotopic (exact) mass is 274 g/mol. The molecular weight excluding hydrogens is 256 g/mol. The predicted octanol–water partition coefficient (Wildman–Crippen LogP) is 2.88. The molecule has 3 rings (SSSR count). The van der Waals surface area contributed by atoms with Gasteiger partial charge in [-0.1, -0.05) is 12.8 Å². The van der Waals surface area contributed by atoms with Gasteiger partial charge in [0.1, 0.15) is 5.01 Å². The third kappa shape index (κ3) is 2.99. The summed E-state index contributed by atoms with van der Waals surface area (Å²) in [6.07, 6.45) is 5.42. The lowest BCUT2D eigenvalue weighted by atomic mass is 10.1. The SMILES string of the molecule is Cl.c1sc(C2COCCN2)nc1C1CCCC1. The van der Waals surface area contributed by atoms with Crippen molar-refractivity contribution in [3.8, 4) is 0 Å². The average molecular weight is 275 g/mol. The zero-order chi connectivity index (χ0) is 10.8. The van der Waals surface area contributed by atoms with Crippen LogP contribution in [0.15, 0.2) is 5.38 Å². The maximum absolute atomic E-state index is 5.48. The Kier molecular flexibility index (Phi) is 4.79. The van der Waals surface area contributed by atoms with Crippen LogP contribution in [0.25, 0.3) is 0 Å². The molecule has 1 atom stereocenters. The van der Waals surface area contributed by atoms with Crippen molar-refractivity contribution in [3.63, 3.8) is 0 Å². The van der Waals surface area contributed by atoms with E-state index in [0.717, 1.165) is 25.7 Å². The molecule has 0 amide bonds. The lowest BCUT2D eigenvalue weighted by Crippen LogP contribution is -2.34. The van der Waals surface area contributed by atoms with Crippen molar-refractivity contribution >= 4 is 23.7 Å². The molecule has 1 aliphatic heterocycles. The van der Waals surface area contributed by atoms with E-state index in [2.05, 4.69) is 10.7 Å². The van der Waals surface area contributed by atoms with Gasteiger partial charge in [-0.25, -0.2) is 4.98 Å². The molecule has 1 saturated carbocycles. The van der Waals surface area contributed by atoms with Crippen LogP contribution in [0.4, 0.5) is 0 Å². The second-order valence-corrected chi connectivity index (χ2v) is 5.56. The fourth-order valence-electron chi connectivity index (χ4n) is 2.59. The molecule has 0 radical (unpaired) electrons. The minimum absolute atomic E-state index is 0. The zero-order valence-electron chi connectivity index (χ0n) is 9.85. The normalized spacial score (nSPS) is 25.8. The summed E-state index contributed by atoms with van der Waals surface area (Å²) in [7, 11) is 0. The van der Waals surface area contributed by atoms with Gasteiger partial charge < -0.3 is 10.1 Å². The van der Waals surface area contributed by atoms with Crippen molar-refractivity contribution < 1.29 is 4.74 Å². The van der Waals surface area contributed by atoms with E-state index in [1.807, 2.05) is 0 Å².